The lowest BCUT2D eigenvalue weighted by Gasteiger charge is -2.59. The molecule has 31 heteroatoms. The van der Waals surface area contributed by atoms with Crippen molar-refractivity contribution >= 4 is 82.3 Å². The number of anilines is 2. The van der Waals surface area contributed by atoms with E-state index in [4.69, 9.17) is 43.4 Å². The van der Waals surface area contributed by atoms with Crippen LogP contribution in [0.5, 0.6) is 23.0 Å². The van der Waals surface area contributed by atoms with Gasteiger partial charge in [0.15, 0.2) is 24.3 Å². The number of piperidine rings is 1. The van der Waals surface area contributed by atoms with Gasteiger partial charge in [-0.1, -0.05) is 107 Å². The molecular formula is C93H118BrN5O23S2. The highest BCUT2D eigenvalue weighted by molar-refractivity contribution is 7.12. The zero-order valence-corrected chi connectivity index (χ0v) is 74.8. The quantitative estimate of drug-likeness (QED) is 0.00525. The Bertz CT molecular complexity index is 4540. The summed E-state index contributed by atoms with van der Waals surface area (Å²) in [6, 6.07) is 33.4. The Kier molecular flexibility index (Phi) is 33.3. The van der Waals surface area contributed by atoms with Gasteiger partial charge in [-0.25, -0.2) is 14.4 Å². The predicted octanol–water partition coefficient (Wildman–Crippen LogP) is 8.21. The number of morpholine rings is 1. The van der Waals surface area contributed by atoms with E-state index >= 15 is 0 Å². The lowest BCUT2D eigenvalue weighted by molar-refractivity contribution is -0.938. The number of aliphatic hydroxyl groups is 4. The second kappa shape index (κ2) is 42.5. The van der Waals surface area contributed by atoms with Crippen LogP contribution in [0.4, 0.5) is 11.4 Å². The van der Waals surface area contributed by atoms with Crippen LogP contribution in [0.15, 0.2) is 156 Å². The number of fused-ring (bicyclic) bond motifs is 12. The van der Waals surface area contributed by atoms with Crippen LogP contribution in [-0.4, -0.2) is 208 Å². The number of amides is 2. The fraction of sp³-hybridized carbons (Fsp3) is 0.505. The van der Waals surface area contributed by atoms with E-state index in [2.05, 4.69) is 49.2 Å². The minimum absolute atomic E-state index is 0. The smallest absolute Gasteiger partial charge is 0.349 e. The van der Waals surface area contributed by atoms with Crippen LogP contribution in [0, 0.1) is 40.4 Å². The van der Waals surface area contributed by atoms with E-state index < -0.39 is 71.2 Å². The highest BCUT2D eigenvalue weighted by atomic mass is 79.9. The van der Waals surface area contributed by atoms with Gasteiger partial charge in [-0.05, 0) is 183 Å². The molecule has 6 heterocycles. The molecule has 2 bridgehead atoms. The van der Waals surface area contributed by atoms with Crippen molar-refractivity contribution in [2.24, 2.45) is 40.4 Å². The number of epoxide rings is 1. The standard InChI is InChI=1S/C32H44O7.2C19H24N2O4.C19H22NO4S2.C4H4O4.BrH/c1-18(2)28(36)37-17-25(35)32-26(38-29(39-32)19-8-6-5-7-9-19)15-23-22-11-10-20-14-21(33)12-13-30(20,3)27(22)24(34)16-31(23,32)4;2*1-13(9-14-3-6-16(25-2)7-4-14)20-11-19(24)15-5-8-18(23)17(10-15)21-12-22;1-20(2)12-9-11(10-13(20)17-16(12)24-17)23-18(21)19(22,14-5-3-7-25-14)15-6-4-8-26-15;5-3(6)1-2-4(7)8;/h12-14,18-19,22-24,26-27,29,34H,5-11,15-17H2,1-4H3;2*3-8,10,12-13,19-20,23-24H,9,11H2,1-2H3,(H,21,22);3-8,11-13,16-17,22H,9-10H2,1-2H3;1-2H,(H,5,6)(H,7,8);1H/q;;;+1;;/p-1/b;;;;2-1+;/t22-,23-,24-,26+,27+,29+,30-,31-,32+;2*13-,19+;11?,12-,13+,16-,17+;;/m011.../s1. The Hall–Kier alpha value is -9.06. The molecule has 8 fully saturated rings. The third-order valence-corrected chi connectivity index (χ3v) is 28.2. The number of phenols is 2. The van der Waals surface area contributed by atoms with Crippen molar-refractivity contribution in [2.75, 3.05) is 58.6 Å². The summed E-state index contributed by atoms with van der Waals surface area (Å²) < 4.78 is 42.0. The van der Waals surface area contributed by atoms with E-state index in [1.54, 1.807) is 76.6 Å². The number of ketones is 2. The van der Waals surface area contributed by atoms with Crippen LogP contribution < -0.4 is 47.7 Å². The van der Waals surface area contributed by atoms with Gasteiger partial charge >= 0.3 is 23.9 Å². The number of thiophene rings is 2. The third-order valence-electron chi connectivity index (χ3n) is 26.2. The van der Waals surface area contributed by atoms with Crippen molar-refractivity contribution in [3.63, 3.8) is 0 Å². The van der Waals surface area contributed by atoms with Crippen LogP contribution in [0.1, 0.15) is 156 Å². The predicted molar refractivity (Wildman–Crippen MR) is 461 cm³/mol. The second-order valence-corrected chi connectivity index (χ2v) is 36.6. The maximum atomic E-state index is 14.2. The van der Waals surface area contributed by atoms with Gasteiger partial charge in [0, 0.05) is 72.8 Å². The van der Waals surface area contributed by atoms with Crippen molar-refractivity contribution in [2.45, 2.75) is 209 Å². The number of carbonyl (C=O) groups is 8. The SMILES string of the molecule is CC(C)C(=O)OCC(=O)[C@@]12O[C@H](C3CCCCC3)O[C@@H]1C[C@H]1[C@@H]3CCC4=CC(=O)C=C[C@]4(C)[C@H]3[C@@H](O)C[C@@]12C.COc1ccc(C[C@@H](C)NC[C@H](O)c2ccc(O)c(NC=O)c2)cc1.COc1ccc(C[C@@H](C)NC[C@H](O)c2ccc(O)c(NC=O)c2)cc1.C[N+]1(C)[C@@H]2CC(OC(=O)C(O)(c3cccs3)c3cccs3)C[C@H]1[C@@H]1O[C@@H]12.O=C(O)/C=C/C(=O)O.[Br-]. The molecule has 15 rings (SSSR count). The summed E-state index contributed by atoms with van der Waals surface area (Å²) >= 11 is 2.74. The summed E-state index contributed by atoms with van der Waals surface area (Å²) in [4.78, 5) is 93.2. The van der Waals surface area contributed by atoms with Crippen molar-refractivity contribution < 1.29 is 134 Å². The van der Waals surface area contributed by atoms with Gasteiger partial charge in [-0.15, -0.1) is 22.7 Å². The number of ether oxygens (including phenoxy) is 7. The number of nitrogens with zero attached hydrogens (tertiary/aromatic N) is 1. The van der Waals surface area contributed by atoms with Gasteiger partial charge in [-0.2, -0.15) is 0 Å². The van der Waals surface area contributed by atoms with Crippen LogP contribution in [-0.2, 0) is 80.5 Å². The molecule has 0 radical (unpaired) electrons. The number of carboxylic acid groups (broad SMARTS) is 2. The minimum Gasteiger partial charge on any atom is -1.00 e. The average molecular weight is 1820 g/mol. The number of esters is 2. The zero-order valence-electron chi connectivity index (χ0n) is 71.6. The molecule has 18 atom stereocenters. The van der Waals surface area contributed by atoms with Crippen molar-refractivity contribution in [1.29, 1.82) is 0 Å². The number of methoxy groups -OCH3 is 2. The molecule has 28 nitrogen and oxygen atoms in total. The Morgan fingerprint density at radius 1 is 0.694 bits per heavy atom. The maximum Gasteiger partial charge on any atom is 0.349 e. The Morgan fingerprint density at radius 3 is 1.66 bits per heavy atom. The first kappa shape index (κ1) is 97.1. The molecule has 0 spiro atoms. The Labute approximate surface area is 741 Å². The molecule has 4 saturated carbocycles. The van der Waals surface area contributed by atoms with Crippen LogP contribution in [0.3, 0.4) is 0 Å². The van der Waals surface area contributed by atoms with Gasteiger partial charge in [-0.3, -0.25) is 24.0 Å². The first-order valence-electron chi connectivity index (χ1n) is 42.1. The number of benzene rings is 4. The van der Waals surface area contributed by atoms with Gasteiger partial charge in [0.2, 0.25) is 24.2 Å². The summed E-state index contributed by atoms with van der Waals surface area (Å²) in [5.74, 6) is -1.97. The number of phenolic OH excluding ortho intramolecular Hbond substituents is 2. The lowest BCUT2D eigenvalue weighted by atomic mass is 9.46. The number of likely N-dealkylation sites (N-methyl/N-ethyl adjacent to an activating group) is 1. The van der Waals surface area contributed by atoms with E-state index in [1.807, 2.05) is 91.3 Å². The molecule has 4 aliphatic heterocycles. The molecule has 9 aliphatic rings. The molecule has 4 saturated heterocycles. The molecule has 2 amide bonds. The molecule has 124 heavy (non-hydrogen) atoms. The first-order valence-corrected chi connectivity index (χ1v) is 43.8. The van der Waals surface area contributed by atoms with E-state index in [-0.39, 0.29) is 111 Å². The number of carbonyl (C=O) groups excluding carboxylic acids is 6. The number of aliphatic carboxylic acids is 2. The van der Waals surface area contributed by atoms with Crippen molar-refractivity contribution in [3.8, 4) is 23.0 Å². The van der Waals surface area contributed by atoms with Gasteiger partial charge in [0.1, 0.15) is 53.4 Å². The molecule has 6 aromatic rings. The normalized spacial score (nSPS) is 27.3. The number of rotatable bonds is 29. The number of hydrogen-bond donors (Lipinski definition) is 12. The molecule has 12 N–H and O–H groups in total. The number of nitrogens with one attached hydrogen (secondary N) is 4. The molecule has 4 aromatic carbocycles. The number of aliphatic hydroxyl groups excluding tert-OH is 3. The average Bonchev–Trinajstić information content (AvgIpc) is 1.52. The Balaban J connectivity index is 0.000000170. The van der Waals surface area contributed by atoms with E-state index in [0.29, 0.717) is 96.1 Å². The van der Waals surface area contributed by atoms with E-state index in [1.165, 1.54) is 52.4 Å². The van der Waals surface area contributed by atoms with E-state index in [9.17, 15) is 69.0 Å². The topological polar surface area (TPSA) is 414 Å². The molecule has 1 unspecified atom stereocenters. The number of aromatic hydroxyl groups is 2. The lowest BCUT2D eigenvalue weighted by Crippen LogP contribution is -3.00. The van der Waals surface area contributed by atoms with Crippen LogP contribution in [0.2, 0.25) is 0 Å². The van der Waals surface area contributed by atoms with Crippen molar-refractivity contribution in [1.82, 2.24) is 10.6 Å². The van der Waals surface area contributed by atoms with E-state index in [0.717, 1.165) is 85.8 Å². The molecule has 672 valence electrons. The van der Waals surface area contributed by atoms with Crippen LogP contribution in [0.25, 0.3) is 0 Å². The minimum atomic E-state index is -1.72. The maximum absolute atomic E-state index is 14.2. The number of carboxylic acids is 2. The highest BCUT2D eigenvalue weighted by Crippen LogP contribution is 2.70. The van der Waals surface area contributed by atoms with Crippen LogP contribution >= 0.6 is 22.7 Å². The van der Waals surface area contributed by atoms with Gasteiger partial charge in [0.25, 0.3) is 0 Å². The summed E-state index contributed by atoms with van der Waals surface area (Å²) in [7, 11) is 7.77. The summed E-state index contributed by atoms with van der Waals surface area (Å²) in [5.41, 5.74) is 1.23. The molecular weight excluding hydrogens is 1700 g/mol. The van der Waals surface area contributed by atoms with Crippen molar-refractivity contribution in [3.05, 3.63) is 188 Å². The second-order valence-electron chi connectivity index (χ2n) is 34.7. The summed E-state index contributed by atoms with van der Waals surface area (Å²) in [6.45, 7) is 12.3. The monoisotopic (exact) mass is 1820 g/mol. The first-order chi connectivity index (χ1) is 58.6. The molecule has 2 aromatic heterocycles. The number of quaternary nitrogens is 1. The number of halogens is 1. The summed E-state index contributed by atoms with van der Waals surface area (Å²) in [5, 5.41) is 93.9. The number of Topliss-reactive ketones (excluding diaryl/α,β-unsaturated/α-hetero) is 1. The number of hydrogen-bond acceptors (Lipinski definition) is 25. The van der Waals surface area contributed by atoms with Gasteiger partial charge < -0.3 is 117 Å². The Morgan fingerprint density at radius 2 is 1.20 bits per heavy atom. The third kappa shape index (κ3) is 22.1. The fourth-order valence-corrected chi connectivity index (χ4v) is 21.4. The number of allylic oxidation sites excluding steroid dienone is 4. The molecule has 5 aliphatic carbocycles. The zero-order chi connectivity index (χ0) is 88.9. The largest absolute Gasteiger partial charge is 1.00 e. The van der Waals surface area contributed by atoms with Gasteiger partial charge in [0.05, 0.1) is 79.8 Å². The summed E-state index contributed by atoms with van der Waals surface area (Å²) in [6.07, 6.45) is 16.5. The fourth-order valence-electron chi connectivity index (χ4n) is 19.7. The highest BCUT2D eigenvalue weighted by Gasteiger charge is 2.77.